The summed E-state index contributed by atoms with van der Waals surface area (Å²) in [6.45, 7) is 3.68. The molecule has 1 fully saturated rings. The van der Waals surface area contributed by atoms with Crippen LogP contribution >= 0.6 is 0 Å². The van der Waals surface area contributed by atoms with Crippen LogP contribution in [0.4, 0.5) is 18.9 Å². The minimum absolute atomic E-state index is 0.190. The van der Waals surface area contributed by atoms with E-state index in [1.54, 1.807) is 26.4 Å². The lowest BCUT2D eigenvalue weighted by molar-refractivity contribution is -0.274. The molecule has 0 spiro atoms. The van der Waals surface area contributed by atoms with Gasteiger partial charge < -0.3 is 24.4 Å². The van der Waals surface area contributed by atoms with E-state index in [-0.39, 0.29) is 5.75 Å². The van der Waals surface area contributed by atoms with Gasteiger partial charge in [0.25, 0.3) is 0 Å². The Hall–Kier alpha value is -2.61. The number of halogens is 3. The Labute approximate surface area is 187 Å². The van der Waals surface area contributed by atoms with Gasteiger partial charge in [0.05, 0.1) is 19.9 Å². The molecule has 1 N–H and O–H groups in total. The van der Waals surface area contributed by atoms with Crippen LogP contribution < -0.4 is 19.5 Å². The molecule has 0 atom stereocenters. The van der Waals surface area contributed by atoms with Crippen LogP contribution in [0.15, 0.2) is 42.5 Å². The molecule has 8 heteroatoms. The average Bonchev–Trinajstić information content (AvgIpc) is 2.78. The quantitative estimate of drug-likeness (QED) is 0.526. The van der Waals surface area contributed by atoms with Gasteiger partial charge in [0.15, 0.2) is 17.2 Å². The van der Waals surface area contributed by atoms with Crippen molar-refractivity contribution in [1.82, 2.24) is 4.90 Å². The third-order valence-corrected chi connectivity index (χ3v) is 5.85. The molecule has 0 amide bonds. The van der Waals surface area contributed by atoms with Crippen LogP contribution in [0, 0.1) is 5.92 Å². The van der Waals surface area contributed by atoms with E-state index in [0.717, 1.165) is 56.8 Å². The minimum atomic E-state index is -4.69. The zero-order valence-corrected chi connectivity index (χ0v) is 18.6. The fourth-order valence-electron chi connectivity index (χ4n) is 4.06. The maximum atomic E-state index is 12.5. The van der Waals surface area contributed by atoms with E-state index < -0.39 is 6.36 Å². The number of methoxy groups -OCH3 is 2. The Bertz CT molecular complexity index is 853. The van der Waals surface area contributed by atoms with Gasteiger partial charge in [0, 0.05) is 13.1 Å². The number of nitrogens with zero attached hydrogens (tertiary/aromatic N) is 1. The standard InChI is InChI=1S/C24H31F3N2O3/c1-30-22-8-7-19(17-23(22)31-2)12-16-29-14-10-18(11-15-29)9-13-28-20-5-3-4-6-21(20)32-24(25,26)27/h3-8,17-18,28H,9-16H2,1-2H3. The van der Waals surface area contributed by atoms with Gasteiger partial charge in [-0.3, -0.25) is 0 Å². The molecule has 1 heterocycles. The van der Waals surface area contributed by atoms with Crippen LogP contribution in [-0.2, 0) is 6.42 Å². The molecule has 176 valence electrons. The number of hydrogen-bond acceptors (Lipinski definition) is 5. The van der Waals surface area contributed by atoms with Crippen LogP contribution in [0.5, 0.6) is 17.2 Å². The van der Waals surface area contributed by atoms with Crippen LogP contribution in [0.1, 0.15) is 24.8 Å². The zero-order valence-electron chi connectivity index (χ0n) is 18.6. The lowest BCUT2D eigenvalue weighted by atomic mass is 9.93. The highest BCUT2D eigenvalue weighted by Gasteiger charge is 2.32. The number of ether oxygens (including phenoxy) is 3. The SMILES string of the molecule is COc1ccc(CCN2CCC(CCNc3ccccc3OC(F)(F)F)CC2)cc1OC. The molecule has 2 aromatic carbocycles. The summed E-state index contributed by atoms with van der Waals surface area (Å²) in [6, 6.07) is 12.2. The smallest absolute Gasteiger partial charge is 0.493 e. The van der Waals surface area contributed by atoms with Gasteiger partial charge in [-0.25, -0.2) is 0 Å². The highest BCUT2D eigenvalue weighted by atomic mass is 19.4. The molecule has 5 nitrogen and oxygen atoms in total. The van der Waals surface area contributed by atoms with E-state index in [4.69, 9.17) is 9.47 Å². The third-order valence-electron chi connectivity index (χ3n) is 5.85. The number of rotatable bonds is 10. The Morgan fingerprint density at radius 2 is 1.69 bits per heavy atom. The number of benzene rings is 2. The third kappa shape index (κ3) is 7.22. The largest absolute Gasteiger partial charge is 0.573 e. The first-order valence-electron chi connectivity index (χ1n) is 10.9. The van der Waals surface area contributed by atoms with Crippen molar-refractivity contribution in [3.63, 3.8) is 0 Å². The zero-order chi connectivity index (χ0) is 23.0. The summed E-state index contributed by atoms with van der Waals surface area (Å²) in [5, 5.41) is 3.10. The van der Waals surface area contributed by atoms with Crippen LogP contribution in [-0.4, -0.2) is 51.7 Å². The van der Waals surface area contributed by atoms with E-state index >= 15 is 0 Å². The predicted octanol–water partition coefficient (Wildman–Crippen LogP) is 5.36. The van der Waals surface area contributed by atoms with Crippen molar-refractivity contribution in [2.75, 3.05) is 45.7 Å². The summed E-state index contributed by atoms with van der Waals surface area (Å²) < 4.78 is 52.4. The summed E-state index contributed by atoms with van der Waals surface area (Å²) in [6.07, 6.45) is -0.642. The second kappa shape index (κ2) is 11.3. The van der Waals surface area contributed by atoms with Gasteiger partial charge in [-0.15, -0.1) is 13.2 Å². The first-order valence-corrected chi connectivity index (χ1v) is 10.9. The summed E-state index contributed by atoms with van der Waals surface area (Å²) in [5.74, 6) is 1.86. The molecule has 3 rings (SSSR count). The normalized spacial score (nSPS) is 15.4. The van der Waals surface area contributed by atoms with Gasteiger partial charge in [-0.1, -0.05) is 18.2 Å². The highest BCUT2D eigenvalue weighted by Crippen LogP contribution is 2.31. The number of nitrogens with one attached hydrogen (secondary N) is 1. The molecule has 2 aromatic rings. The van der Waals surface area contributed by atoms with E-state index in [2.05, 4.69) is 21.0 Å². The van der Waals surface area contributed by atoms with Crippen LogP contribution in [0.25, 0.3) is 0 Å². The fourth-order valence-corrected chi connectivity index (χ4v) is 4.06. The van der Waals surface area contributed by atoms with E-state index in [1.807, 2.05) is 12.1 Å². The number of hydrogen-bond donors (Lipinski definition) is 1. The van der Waals surface area contributed by atoms with Crippen LogP contribution in [0.3, 0.4) is 0 Å². The van der Waals surface area contributed by atoms with E-state index in [9.17, 15) is 13.2 Å². The Morgan fingerprint density at radius 3 is 2.38 bits per heavy atom. The fraction of sp³-hybridized carbons (Fsp3) is 0.500. The number of para-hydroxylation sites is 2. The van der Waals surface area contributed by atoms with Gasteiger partial charge in [-0.05, 0) is 74.5 Å². The van der Waals surface area contributed by atoms with E-state index in [0.29, 0.717) is 18.2 Å². The number of likely N-dealkylation sites (tertiary alicyclic amines) is 1. The molecule has 0 aromatic heterocycles. The molecular weight excluding hydrogens is 421 g/mol. The maximum Gasteiger partial charge on any atom is 0.573 e. The van der Waals surface area contributed by atoms with E-state index in [1.165, 1.54) is 17.7 Å². The number of anilines is 1. The lowest BCUT2D eigenvalue weighted by Gasteiger charge is -2.32. The molecule has 1 saturated heterocycles. The number of piperidine rings is 1. The Morgan fingerprint density at radius 1 is 0.969 bits per heavy atom. The van der Waals surface area contributed by atoms with Crippen molar-refractivity contribution >= 4 is 5.69 Å². The Kier molecular flexibility index (Phi) is 8.50. The van der Waals surface area contributed by atoms with Gasteiger partial charge >= 0.3 is 6.36 Å². The molecule has 0 saturated carbocycles. The molecule has 1 aliphatic heterocycles. The molecule has 0 aliphatic carbocycles. The lowest BCUT2D eigenvalue weighted by Crippen LogP contribution is -2.35. The second-order valence-corrected chi connectivity index (χ2v) is 7.98. The van der Waals surface area contributed by atoms with Crippen molar-refractivity contribution < 1.29 is 27.4 Å². The summed E-state index contributed by atoms with van der Waals surface area (Å²) >= 11 is 0. The van der Waals surface area contributed by atoms with Crippen molar-refractivity contribution in [2.24, 2.45) is 5.92 Å². The molecule has 0 unspecified atom stereocenters. The number of alkyl halides is 3. The Balaban J connectivity index is 1.39. The molecular formula is C24H31F3N2O3. The molecule has 0 radical (unpaired) electrons. The van der Waals surface area contributed by atoms with Gasteiger partial charge in [0.1, 0.15) is 0 Å². The first kappa shape index (κ1) is 24.0. The van der Waals surface area contributed by atoms with Crippen LogP contribution in [0.2, 0.25) is 0 Å². The summed E-state index contributed by atoms with van der Waals surface area (Å²) in [4.78, 5) is 2.47. The van der Waals surface area contributed by atoms with Crippen molar-refractivity contribution in [3.8, 4) is 17.2 Å². The molecule has 32 heavy (non-hydrogen) atoms. The second-order valence-electron chi connectivity index (χ2n) is 7.98. The van der Waals surface area contributed by atoms with Gasteiger partial charge in [0.2, 0.25) is 0 Å². The summed E-state index contributed by atoms with van der Waals surface area (Å²) in [7, 11) is 3.27. The van der Waals surface area contributed by atoms with Crippen molar-refractivity contribution in [3.05, 3.63) is 48.0 Å². The first-order chi connectivity index (χ1) is 15.4. The maximum absolute atomic E-state index is 12.5. The highest BCUT2D eigenvalue weighted by molar-refractivity contribution is 5.56. The monoisotopic (exact) mass is 452 g/mol. The molecule has 1 aliphatic rings. The van der Waals surface area contributed by atoms with Crippen molar-refractivity contribution in [1.29, 1.82) is 0 Å². The van der Waals surface area contributed by atoms with Crippen molar-refractivity contribution in [2.45, 2.75) is 32.0 Å². The topological polar surface area (TPSA) is 43.0 Å². The minimum Gasteiger partial charge on any atom is -0.493 e. The molecule has 0 bridgehead atoms. The predicted molar refractivity (Wildman–Crippen MR) is 119 cm³/mol. The average molecular weight is 453 g/mol. The van der Waals surface area contributed by atoms with Gasteiger partial charge in [-0.2, -0.15) is 0 Å². The summed E-state index contributed by atoms with van der Waals surface area (Å²) in [5.41, 5.74) is 1.59.